The Morgan fingerprint density at radius 1 is 1.10 bits per heavy atom. The minimum absolute atomic E-state index is 0.0706. The summed E-state index contributed by atoms with van der Waals surface area (Å²) >= 11 is 0. The van der Waals surface area contributed by atoms with Crippen LogP contribution in [0, 0.1) is 11.7 Å². The van der Waals surface area contributed by atoms with Gasteiger partial charge in [-0.1, -0.05) is 19.9 Å². The molecule has 2 aromatic carbocycles. The maximum atomic E-state index is 14.6. The first-order valence-corrected chi connectivity index (χ1v) is 14.9. The first-order valence-electron chi connectivity index (χ1n) is 14.9. The zero-order chi connectivity index (χ0) is 28.7. The van der Waals surface area contributed by atoms with Gasteiger partial charge in [0.25, 0.3) is 5.91 Å². The summed E-state index contributed by atoms with van der Waals surface area (Å²) < 4.78 is 33.4. The predicted molar refractivity (Wildman–Crippen MR) is 155 cm³/mol. The second-order valence-corrected chi connectivity index (χ2v) is 12.1. The third-order valence-electron chi connectivity index (χ3n) is 9.03. The molecule has 1 amide bonds. The Kier molecular flexibility index (Phi) is 8.14. The van der Waals surface area contributed by atoms with E-state index in [9.17, 15) is 9.18 Å². The number of carbonyl (C=O) groups excluding carboxylic acids is 1. The number of hydrogen-bond donors (Lipinski definition) is 0. The van der Waals surface area contributed by atoms with Crippen molar-refractivity contribution in [2.24, 2.45) is 13.0 Å². The number of hydrogen-bond acceptors (Lipinski definition) is 6. The van der Waals surface area contributed by atoms with Gasteiger partial charge in [-0.05, 0) is 66.6 Å². The Bertz CT molecular complexity index is 1400. The lowest BCUT2D eigenvalue weighted by Crippen LogP contribution is -2.52. The van der Waals surface area contributed by atoms with Crippen LogP contribution in [0.1, 0.15) is 55.5 Å². The van der Waals surface area contributed by atoms with E-state index in [0.717, 1.165) is 48.0 Å². The van der Waals surface area contributed by atoms with Gasteiger partial charge in [-0.2, -0.15) is 5.10 Å². The highest BCUT2D eigenvalue weighted by atomic mass is 19.1. The molecule has 0 N–H and O–H groups in total. The number of fused-ring (bicyclic) bond motifs is 1. The lowest BCUT2D eigenvalue weighted by atomic mass is 9.84. The number of carbonyl (C=O) groups is 1. The fourth-order valence-electron chi connectivity index (χ4n) is 6.65. The lowest BCUT2D eigenvalue weighted by molar-refractivity contribution is -0.0564. The summed E-state index contributed by atoms with van der Waals surface area (Å²) in [5.41, 5.74) is 4.27. The van der Waals surface area contributed by atoms with Crippen LogP contribution in [0.4, 0.5) is 4.39 Å². The summed E-state index contributed by atoms with van der Waals surface area (Å²) in [5.74, 6) is 0.317. The molecule has 0 unspecified atom stereocenters. The number of amides is 1. The molecule has 220 valence electrons. The van der Waals surface area contributed by atoms with Gasteiger partial charge in [0, 0.05) is 44.0 Å². The highest BCUT2D eigenvalue weighted by Gasteiger charge is 2.36. The van der Waals surface area contributed by atoms with Crippen LogP contribution in [-0.4, -0.2) is 89.9 Å². The van der Waals surface area contributed by atoms with Gasteiger partial charge in [-0.3, -0.25) is 14.4 Å². The van der Waals surface area contributed by atoms with E-state index >= 15 is 0 Å². The Labute approximate surface area is 241 Å². The molecule has 0 spiro atoms. The van der Waals surface area contributed by atoms with Crippen LogP contribution in [-0.2, 0) is 21.3 Å². The summed E-state index contributed by atoms with van der Waals surface area (Å²) in [6.07, 6.45) is 3.73. The van der Waals surface area contributed by atoms with E-state index in [2.05, 4.69) is 36.0 Å². The molecule has 41 heavy (non-hydrogen) atoms. The number of ether oxygens (including phenoxy) is 3. The Balaban J connectivity index is 1.29. The first-order chi connectivity index (χ1) is 19.8. The van der Waals surface area contributed by atoms with Gasteiger partial charge in [-0.25, -0.2) is 4.39 Å². The van der Waals surface area contributed by atoms with E-state index in [1.165, 1.54) is 17.7 Å². The van der Waals surface area contributed by atoms with Gasteiger partial charge < -0.3 is 19.1 Å². The van der Waals surface area contributed by atoms with Crippen molar-refractivity contribution < 1.29 is 23.4 Å². The van der Waals surface area contributed by atoms with E-state index in [4.69, 9.17) is 14.2 Å². The number of halogens is 1. The Hall–Kier alpha value is -2.85. The molecule has 3 aromatic rings. The van der Waals surface area contributed by atoms with Crippen molar-refractivity contribution in [2.45, 2.75) is 57.9 Å². The molecule has 3 aliphatic rings. The maximum Gasteiger partial charge on any atom is 0.254 e. The summed E-state index contributed by atoms with van der Waals surface area (Å²) in [7, 11) is 1.94. The third-order valence-corrected chi connectivity index (χ3v) is 9.03. The minimum Gasteiger partial charge on any atom is -0.377 e. The van der Waals surface area contributed by atoms with Crippen LogP contribution in [0.3, 0.4) is 0 Å². The molecule has 8 nitrogen and oxygen atoms in total. The van der Waals surface area contributed by atoms with E-state index < -0.39 is 5.82 Å². The van der Waals surface area contributed by atoms with Gasteiger partial charge in [0.2, 0.25) is 0 Å². The molecule has 0 saturated carbocycles. The molecule has 3 aliphatic heterocycles. The SMILES string of the molecule is CC(C)[C@@H](CCC1OCCO1)N1CC(c2cc(-c3ccc(F)cc3C(=O)N3CCOC[C@H]3C)c3cnn(C)c3c2)C1. The molecule has 2 atom stereocenters. The molecule has 9 heteroatoms. The number of likely N-dealkylation sites (tertiary alicyclic amines) is 1. The average Bonchev–Trinajstić information content (AvgIpc) is 3.59. The smallest absolute Gasteiger partial charge is 0.254 e. The Morgan fingerprint density at radius 3 is 2.61 bits per heavy atom. The van der Waals surface area contributed by atoms with Gasteiger partial charge in [0.15, 0.2) is 6.29 Å². The average molecular weight is 565 g/mol. The number of morpholine rings is 1. The number of rotatable bonds is 8. The zero-order valence-electron chi connectivity index (χ0n) is 24.5. The summed E-state index contributed by atoms with van der Waals surface area (Å²) in [6, 6.07) is 9.39. The van der Waals surface area contributed by atoms with Crippen molar-refractivity contribution in [1.29, 1.82) is 0 Å². The highest BCUT2D eigenvalue weighted by Crippen LogP contribution is 2.39. The summed E-state index contributed by atoms with van der Waals surface area (Å²) in [6.45, 7) is 11.3. The molecule has 6 rings (SSSR count). The molecule has 3 saturated heterocycles. The molecule has 0 aliphatic carbocycles. The zero-order valence-corrected chi connectivity index (χ0v) is 24.5. The van der Waals surface area contributed by atoms with Crippen LogP contribution in [0.15, 0.2) is 36.5 Å². The van der Waals surface area contributed by atoms with Crippen molar-refractivity contribution in [3.8, 4) is 11.1 Å². The molecule has 0 radical (unpaired) electrons. The molecule has 4 heterocycles. The number of aromatic nitrogens is 2. The van der Waals surface area contributed by atoms with Crippen LogP contribution < -0.4 is 0 Å². The largest absolute Gasteiger partial charge is 0.377 e. The quantitative estimate of drug-likeness (QED) is 0.391. The van der Waals surface area contributed by atoms with Crippen molar-refractivity contribution >= 4 is 16.8 Å². The molecule has 3 fully saturated rings. The van der Waals surface area contributed by atoms with Crippen LogP contribution in [0.25, 0.3) is 22.0 Å². The highest BCUT2D eigenvalue weighted by molar-refractivity contribution is 6.05. The van der Waals surface area contributed by atoms with Gasteiger partial charge in [-0.15, -0.1) is 0 Å². The first kappa shape index (κ1) is 28.3. The molecule has 1 aromatic heterocycles. The van der Waals surface area contributed by atoms with Gasteiger partial charge in [0.1, 0.15) is 5.82 Å². The lowest BCUT2D eigenvalue weighted by Gasteiger charge is -2.46. The van der Waals surface area contributed by atoms with E-state index in [-0.39, 0.29) is 18.2 Å². The van der Waals surface area contributed by atoms with E-state index in [1.54, 1.807) is 11.0 Å². The molecular formula is C32H41FN4O4. The van der Waals surface area contributed by atoms with Crippen molar-refractivity contribution in [3.05, 3.63) is 53.5 Å². The monoisotopic (exact) mass is 564 g/mol. The van der Waals surface area contributed by atoms with E-state index in [0.29, 0.717) is 56.4 Å². The standard InChI is InChI=1S/C32H41FN4O4/c1-20(2)29(7-8-31-40-11-12-41-31)36-17-23(18-36)22-13-26(28-16-34-35(4)30(28)14-22)25-6-5-24(33)15-27(25)32(38)37-9-10-39-19-21(37)3/h5-6,13-16,20-21,23,29,31H,7-12,17-19H2,1-4H3/t21-,29-/m1/s1. The normalized spacial score (nSPS) is 21.6. The van der Waals surface area contributed by atoms with Crippen LogP contribution >= 0.6 is 0 Å². The fourth-order valence-corrected chi connectivity index (χ4v) is 6.65. The second kappa shape index (κ2) is 11.8. The van der Waals surface area contributed by atoms with Crippen molar-refractivity contribution in [3.63, 3.8) is 0 Å². The third kappa shape index (κ3) is 5.65. The number of aryl methyl sites for hydroxylation is 1. The fraction of sp³-hybridized carbons (Fsp3) is 0.562. The van der Waals surface area contributed by atoms with E-state index in [1.807, 2.05) is 24.9 Å². The van der Waals surface area contributed by atoms with Gasteiger partial charge in [0.05, 0.1) is 49.7 Å². The minimum atomic E-state index is -0.417. The Morgan fingerprint density at radius 2 is 1.88 bits per heavy atom. The van der Waals surface area contributed by atoms with Gasteiger partial charge >= 0.3 is 0 Å². The summed E-state index contributed by atoms with van der Waals surface area (Å²) in [4.78, 5) is 18.1. The van der Waals surface area contributed by atoms with Crippen molar-refractivity contribution in [1.82, 2.24) is 19.6 Å². The molecule has 0 bridgehead atoms. The molecular weight excluding hydrogens is 523 g/mol. The maximum absolute atomic E-state index is 14.6. The van der Waals surface area contributed by atoms with Crippen molar-refractivity contribution in [2.75, 3.05) is 46.1 Å². The predicted octanol–water partition coefficient (Wildman–Crippen LogP) is 4.82. The topological polar surface area (TPSA) is 69.1 Å². The number of benzene rings is 2. The van der Waals surface area contributed by atoms with Crippen LogP contribution in [0.5, 0.6) is 0 Å². The second-order valence-electron chi connectivity index (χ2n) is 12.1. The summed E-state index contributed by atoms with van der Waals surface area (Å²) in [5, 5.41) is 5.50. The number of nitrogens with zero attached hydrogens (tertiary/aromatic N) is 4. The van der Waals surface area contributed by atoms with Crippen LogP contribution in [0.2, 0.25) is 0 Å².